The zero-order valence-corrected chi connectivity index (χ0v) is 10.6. The summed E-state index contributed by atoms with van der Waals surface area (Å²) in [6.45, 7) is 1.21. The number of carbonyl (C=O) groups excluding carboxylic acids is 1. The highest BCUT2D eigenvalue weighted by molar-refractivity contribution is 5.92. The normalized spacial score (nSPS) is 18.4. The highest BCUT2D eigenvalue weighted by atomic mass is 16.5. The Hall–Kier alpha value is -2.06. The Bertz CT molecular complexity index is 476. The maximum Gasteiger partial charge on any atom is 0.229 e. The maximum absolute atomic E-state index is 12.0. The van der Waals surface area contributed by atoms with E-state index < -0.39 is 0 Å². The van der Waals surface area contributed by atoms with Gasteiger partial charge in [0.15, 0.2) is 6.61 Å². The van der Waals surface area contributed by atoms with Crippen LogP contribution < -0.4 is 10.1 Å². The number of hydrogen-bond acceptors (Lipinski definition) is 4. The molecule has 1 unspecified atom stereocenters. The molecular weight excluding hydrogens is 244 g/mol. The van der Waals surface area contributed by atoms with Crippen LogP contribution in [-0.2, 0) is 9.53 Å². The molecule has 1 heterocycles. The molecule has 0 saturated carbocycles. The first-order chi connectivity index (χ1) is 9.29. The fourth-order valence-electron chi connectivity index (χ4n) is 1.97. The molecule has 1 aliphatic heterocycles. The molecule has 0 bridgehead atoms. The van der Waals surface area contributed by atoms with Gasteiger partial charge in [0.1, 0.15) is 11.8 Å². The van der Waals surface area contributed by atoms with Crippen LogP contribution in [-0.4, -0.2) is 25.7 Å². The van der Waals surface area contributed by atoms with E-state index in [1.807, 2.05) is 6.07 Å². The van der Waals surface area contributed by atoms with Crippen molar-refractivity contribution in [3.05, 3.63) is 24.3 Å². The number of hydrogen-bond donors (Lipinski definition) is 1. The standard InChI is InChI=1S/C14H16N2O3/c15-6-8-19-13-5-1-4-12(9-13)16-14(17)11-3-2-7-18-10-11/h1,4-5,9,11H,2-3,7-8,10H2,(H,16,17). The van der Waals surface area contributed by atoms with Crippen LogP contribution in [0, 0.1) is 17.2 Å². The first kappa shape index (κ1) is 13.4. The lowest BCUT2D eigenvalue weighted by molar-refractivity contribution is -0.123. The van der Waals surface area contributed by atoms with E-state index in [0.29, 0.717) is 18.0 Å². The summed E-state index contributed by atoms with van der Waals surface area (Å²) >= 11 is 0. The van der Waals surface area contributed by atoms with Crippen molar-refractivity contribution in [2.24, 2.45) is 5.92 Å². The van der Waals surface area contributed by atoms with Crippen molar-refractivity contribution in [1.29, 1.82) is 5.26 Å². The lowest BCUT2D eigenvalue weighted by atomic mass is 10.0. The molecule has 1 N–H and O–H groups in total. The van der Waals surface area contributed by atoms with Crippen molar-refractivity contribution >= 4 is 11.6 Å². The summed E-state index contributed by atoms with van der Waals surface area (Å²) in [7, 11) is 0. The van der Waals surface area contributed by atoms with Crippen molar-refractivity contribution in [3.63, 3.8) is 0 Å². The Balaban J connectivity index is 1.94. The zero-order valence-electron chi connectivity index (χ0n) is 10.6. The second-order valence-electron chi connectivity index (χ2n) is 4.38. The number of ether oxygens (including phenoxy) is 2. The second kappa shape index (κ2) is 6.76. The second-order valence-corrected chi connectivity index (χ2v) is 4.38. The number of benzene rings is 1. The van der Waals surface area contributed by atoms with E-state index >= 15 is 0 Å². The van der Waals surface area contributed by atoms with Crippen LogP contribution >= 0.6 is 0 Å². The molecule has 1 aromatic rings. The van der Waals surface area contributed by atoms with Gasteiger partial charge in [0.05, 0.1) is 12.5 Å². The molecule has 0 aliphatic carbocycles. The van der Waals surface area contributed by atoms with Gasteiger partial charge in [-0.3, -0.25) is 4.79 Å². The molecule has 1 fully saturated rings. The lowest BCUT2D eigenvalue weighted by Crippen LogP contribution is -2.30. The number of nitrogens with zero attached hydrogens (tertiary/aromatic N) is 1. The molecule has 100 valence electrons. The molecule has 2 rings (SSSR count). The van der Waals surface area contributed by atoms with Crippen molar-refractivity contribution < 1.29 is 14.3 Å². The minimum Gasteiger partial charge on any atom is -0.479 e. The molecule has 1 aliphatic rings. The number of nitriles is 1. The SMILES string of the molecule is N#CCOc1cccc(NC(=O)C2CCCOC2)c1. The van der Waals surface area contributed by atoms with Crippen molar-refractivity contribution in [3.8, 4) is 11.8 Å². The van der Waals surface area contributed by atoms with Crippen molar-refractivity contribution in [1.82, 2.24) is 0 Å². The molecule has 19 heavy (non-hydrogen) atoms. The monoisotopic (exact) mass is 260 g/mol. The Morgan fingerprint density at radius 1 is 1.58 bits per heavy atom. The van der Waals surface area contributed by atoms with Gasteiger partial charge in [-0.05, 0) is 25.0 Å². The number of rotatable bonds is 4. The van der Waals surface area contributed by atoms with Gasteiger partial charge in [-0.25, -0.2) is 0 Å². The fraction of sp³-hybridized carbons (Fsp3) is 0.429. The van der Waals surface area contributed by atoms with E-state index in [0.717, 1.165) is 19.4 Å². The summed E-state index contributed by atoms with van der Waals surface area (Å²) < 4.78 is 10.5. The van der Waals surface area contributed by atoms with Crippen LogP contribution in [0.15, 0.2) is 24.3 Å². The third-order valence-corrected chi connectivity index (χ3v) is 2.94. The van der Waals surface area contributed by atoms with E-state index in [9.17, 15) is 4.79 Å². The quantitative estimate of drug-likeness (QED) is 0.898. The van der Waals surface area contributed by atoms with Gasteiger partial charge in [-0.2, -0.15) is 5.26 Å². The van der Waals surface area contributed by atoms with Gasteiger partial charge in [-0.1, -0.05) is 6.07 Å². The van der Waals surface area contributed by atoms with Crippen LogP contribution in [0.1, 0.15) is 12.8 Å². The maximum atomic E-state index is 12.0. The Labute approximate surface area is 112 Å². The summed E-state index contributed by atoms with van der Waals surface area (Å²) in [6, 6.07) is 8.93. The summed E-state index contributed by atoms with van der Waals surface area (Å²) in [5.74, 6) is 0.453. The fourth-order valence-corrected chi connectivity index (χ4v) is 1.97. The third kappa shape index (κ3) is 3.97. The number of carbonyl (C=O) groups is 1. The smallest absolute Gasteiger partial charge is 0.229 e. The largest absolute Gasteiger partial charge is 0.479 e. The summed E-state index contributed by atoms with van der Waals surface area (Å²) in [4.78, 5) is 12.0. The minimum atomic E-state index is -0.0857. The summed E-state index contributed by atoms with van der Waals surface area (Å²) in [5.41, 5.74) is 0.672. The van der Waals surface area contributed by atoms with Gasteiger partial charge in [0.2, 0.25) is 5.91 Å². The minimum absolute atomic E-state index is 0.00609. The van der Waals surface area contributed by atoms with Gasteiger partial charge >= 0.3 is 0 Å². The van der Waals surface area contributed by atoms with Crippen LogP contribution in [0.4, 0.5) is 5.69 Å². The van der Waals surface area contributed by atoms with Crippen LogP contribution in [0.25, 0.3) is 0 Å². The molecule has 1 aromatic carbocycles. The van der Waals surface area contributed by atoms with E-state index in [4.69, 9.17) is 14.7 Å². The first-order valence-corrected chi connectivity index (χ1v) is 6.28. The molecule has 0 aromatic heterocycles. The first-order valence-electron chi connectivity index (χ1n) is 6.28. The molecular formula is C14H16N2O3. The lowest BCUT2D eigenvalue weighted by Gasteiger charge is -2.21. The van der Waals surface area contributed by atoms with Crippen LogP contribution in [0.2, 0.25) is 0 Å². The topological polar surface area (TPSA) is 71.3 Å². The predicted octanol–water partition coefficient (Wildman–Crippen LogP) is 1.95. The molecule has 1 atom stereocenters. The highest BCUT2D eigenvalue weighted by Gasteiger charge is 2.21. The Morgan fingerprint density at radius 2 is 2.47 bits per heavy atom. The average molecular weight is 260 g/mol. The van der Waals surface area contributed by atoms with Crippen LogP contribution in [0.3, 0.4) is 0 Å². The predicted molar refractivity (Wildman–Crippen MR) is 69.7 cm³/mol. The van der Waals surface area contributed by atoms with Gasteiger partial charge < -0.3 is 14.8 Å². The molecule has 0 radical (unpaired) electrons. The molecule has 5 nitrogen and oxygen atoms in total. The zero-order chi connectivity index (χ0) is 13.5. The molecule has 5 heteroatoms. The average Bonchev–Trinajstić information content (AvgIpc) is 2.46. The molecule has 1 amide bonds. The van der Waals surface area contributed by atoms with E-state index in [2.05, 4.69) is 5.32 Å². The highest BCUT2D eigenvalue weighted by Crippen LogP contribution is 2.20. The van der Waals surface area contributed by atoms with Gasteiger partial charge in [0, 0.05) is 18.4 Å². The van der Waals surface area contributed by atoms with Crippen molar-refractivity contribution in [2.75, 3.05) is 25.1 Å². The van der Waals surface area contributed by atoms with E-state index in [1.165, 1.54) is 0 Å². The molecule has 1 saturated heterocycles. The summed E-state index contributed by atoms with van der Waals surface area (Å²) in [5, 5.41) is 11.3. The number of amides is 1. The van der Waals surface area contributed by atoms with Gasteiger partial charge in [0.25, 0.3) is 0 Å². The van der Waals surface area contributed by atoms with E-state index in [1.54, 1.807) is 24.3 Å². The Kier molecular flexibility index (Phi) is 4.76. The summed E-state index contributed by atoms with van der Waals surface area (Å²) in [6.07, 6.45) is 1.78. The third-order valence-electron chi connectivity index (χ3n) is 2.94. The van der Waals surface area contributed by atoms with E-state index in [-0.39, 0.29) is 18.4 Å². The van der Waals surface area contributed by atoms with Gasteiger partial charge in [-0.15, -0.1) is 0 Å². The van der Waals surface area contributed by atoms with Crippen LogP contribution in [0.5, 0.6) is 5.75 Å². The molecule has 0 spiro atoms. The number of anilines is 1. The number of nitrogens with one attached hydrogen (secondary N) is 1. The van der Waals surface area contributed by atoms with Crippen molar-refractivity contribution in [2.45, 2.75) is 12.8 Å². The Morgan fingerprint density at radius 3 is 3.21 bits per heavy atom.